The van der Waals surface area contributed by atoms with E-state index in [1.165, 1.54) is 11.3 Å². The van der Waals surface area contributed by atoms with E-state index in [4.69, 9.17) is 9.47 Å². The molecule has 1 aromatic carbocycles. The van der Waals surface area contributed by atoms with Gasteiger partial charge in [0.15, 0.2) is 0 Å². The Balaban J connectivity index is 1.74. The highest BCUT2D eigenvalue weighted by atomic mass is 32.1. The lowest BCUT2D eigenvalue weighted by atomic mass is 10.1. The van der Waals surface area contributed by atoms with Crippen LogP contribution < -0.4 is 4.74 Å². The van der Waals surface area contributed by atoms with E-state index >= 15 is 0 Å². The molecule has 6 nitrogen and oxygen atoms in total. The number of nitrogens with zero attached hydrogens (tertiary/aromatic N) is 2. The highest BCUT2D eigenvalue weighted by Gasteiger charge is 2.31. The quantitative estimate of drug-likeness (QED) is 0.693. The Kier molecular flexibility index (Phi) is 7.28. The third-order valence-electron chi connectivity index (χ3n) is 5.28. The number of methoxy groups -OCH3 is 1. The van der Waals surface area contributed by atoms with Crippen molar-refractivity contribution in [1.29, 1.82) is 0 Å². The normalized spacial score (nSPS) is 17.6. The average Bonchev–Trinajstić information content (AvgIpc) is 3.31. The highest BCUT2D eigenvalue weighted by Crippen LogP contribution is 2.22. The van der Waals surface area contributed by atoms with Crippen LogP contribution in [0.2, 0.25) is 0 Å². The zero-order valence-corrected chi connectivity index (χ0v) is 18.0. The van der Waals surface area contributed by atoms with E-state index in [0.29, 0.717) is 37.6 Å². The molecule has 0 radical (unpaired) electrons. The molecular weight excluding hydrogens is 388 g/mol. The minimum Gasteiger partial charge on any atom is -0.496 e. The molecule has 2 heterocycles. The van der Waals surface area contributed by atoms with Crippen molar-refractivity contribution in [2.24, 2.45) is 0 Å². The molecular formula is C22H28N2O4S. The molecule has 0 aliphatic carbocycles. The molecule has 1 aromatic heterocycles. The van der Waals surface area contributed by atoms with Crippen molar-refractivity contribution in [3.63, 3.8) is 0 Å². The molecule has 1 saturated heterocycles. The zero-order chi connectivity index (χ0) is 20.8. The Morgan fingerprint density at radius 3 is 2.79 bits per heavy atom. The van der Waals surface area contributed by atoms with E-state index in [9.17, 15) is 9.59 Å². The lowest BCUT2D eigenvalue weighted by molar-refractivity contribution is -0.0366. The molecule has 0 saturated carbocycles. The van der Waals surface area contributed by atoms with Crippen LogP contribution in [0.4, 0.5) is 0 Å². The van der Waals surface area contributed by atoms with Gasteiger partial charge < -0.3 is 19.3 Å². The van der Waals surface area contributed by atoms with Crippen LogP contribution in [0.3, 0.4) is 0 Å². The monoisotopic (exact) mass is 416 g/mol. The molecule has 2 amide bonds. The van der Waals surface area contributed by atoms with Gasteiger partial charge in [0.2, 0.25) is 0 Å². The molecule has 2 unspecified atom stereocenters. The maximum Gasteiger partial charge on any atom is 0.264 e. The van der Waals surface area contributed by atoms with Crippen molar-refractivity contribution >= 4 is 23.2 Å². The molecule has 156 valence electrons. The van der Waals surface area contributed by atoms with Crippen molar-refractivity contribution in [2.45, 2.75) is 32.4 Å². The van der Waals surface area contributed by atoms with Gasteiger partial charge in [-0.1, -0.05) is 25.1 Å². The van der Waals surface area contributed by atoms with E-state index < -0.39 is 0 Å². The van der Waals surface area contributed by atoms with Gasteiger partial charge in [0, 0.05) is 25.7 Å². The standard InChI is InChI=1S/C22H28N2O4S/c1-4-16(2)24(21(25)18-8-5-6-9-19(18)27-3)15-17-14-23(11-12-28-17)22(26)20-10-7-13-29-20/h5-10,13,16-17H,4,11-12,14-15H2,1-3H3. The minimum atomic E-state index is -0.222. The van der Waals surface area contributed by atoms with E-state index in [0.717, 1.165) is 11.3 Å². The summed E-state index contributed by atoms with van der Waals surface area (Å²) < 4.78 is 11.3. The van der Waals surface area contributed by atoms with Gasteiger partial charge in [-0.05, 0) is 36.9 Å². The minimum absolute atomic E-state index is 0.0273. The first kappa shape index (κ1) is 21.3. The highest BCUT2D eigenvalue weighted by molar-refractivity contribution is 7.12. The van der Waals surface area contributed by atoms with E-state index in [2.05, 4.69) is 6.92 Å². The number of ether oxygens (including phenoxy) is 2. The fraction of sp³-hybridized carbons (Fsp3) is 0.455. The number of morpholine rings is 1. The smallest absolute Gasteiger partial charge is 0.264 e. The van der Waals surface area contributed by atoms with Gasteiger partial charge in [-0.3, -0.25) is 9.59 Å². The summed E-state index contributed by atoms with van der Waals surface area (Å²) in [7, 11) is 1.57. The van der Waals surface area contributed by atoms with E-state index in [1.54, 1.807) is 19.2 Å². The fourth-order valence-electron chi connectivity index (χ4n) is 3.45. The molecule has 2 atom stereocenters. The van der Waals surface area contributed by atoms with Crippen LogP contribution in [0, 0.1) is 0 Å². The molecule has 0 bridgehead atoms. The SMILES string of the molecule is CCC(C)N(CC1CN(C(=O)c2cccs2)CCO1)C(=O)c1ccccc1OC. The predicted molar refractivity (Wildman–Crippen MR) is 114 cm³/mol. The molecule has 0 spiro atoms. The van der Waals surface area contributed by atoms with Gasteiger partial charge in [-0.15, -0.1) is 11.3 Å². The Hall–Kier alpha value is -2.38. The van der Waals surface area contributed by atoms with Crippen LogP contribution >= 0.6 is 11.3 Å². The second-order valence-electron chi connectivity index (χ2n) is 7.14. The Morgan fingerprint density at radius 1 is 1.31 bits per heavy atom. The van der Waals surface area contributed by atoms with Crippen LogP contribution in [-0.4, -0.2) is 67.1 Å². The van der Waals surface area contributed by atoms with Crippen LogP contribution in [0.25, 0.3) is 0 Å². The Labute approximate surface area is 176 Å². The summed E-state index contributed by atoms with van der Waals surface area (Å²) in [5, 5.41) is 1.90. The number of hydrogen-bond donors (Lipinski definition) is 0. The first-order chi connectivity index (χ1) is 14.0. The van der Waals surface area contributed by atoms with E-state index in [-0.39, 0.29) is 24.0 Å². The van der Waals surface area contributed by atoms with Gasteiger partial charge >= 0.3 is 0 Å². The van der Waals surface area contributed by atoms with E-state index in [1.807, 2.05) is 46.4 Å². The lowest BCUT2D eigenvalue weighted by Crippen LogP contribution is -2.52. The van der Waals surface area contributed by atoms with Crippen LogP contribution in [0.1, 0.15) is 40.3 Å². The predicted octanol–water partition coefficient (Wildman–Crippen LogP) is 3.54. The van der Waals surface area contributed by atoms with Crippen LogP contribution in [0.5, 0.6) is 5.75 Å². The first-order valence-electron chi connectivity index (χ1n) is 9.93. The second-order valence-corrected chi connectivity index (χ2v) is 8.08. The maximum absolute atomic E-state index is 13.3. The summed E-state index contributed by atoms with van der Waals surface area (Å²) >= 11 is 1.44. The van der Waals surface area contributed by atoms with Crippen molar-refractivity contribution in [2.75, 3.05) is 33.4 Å². The third kappa shape index (κ3) is 4.97. The first-order valence-corrected chi connectivity index (χ1v) is 10.8. The van der Waals surface area contributed by atoms with Gasteiger partial charge in [-0.25, -0.2) is 0 Å². The Bertz CT molecular complexity index is 824. The Morgan fingerprint density at radius 2 is 2.10 bits per heavy atom. The molecule has 2 aromatic rings. The molecule has 3 rings (SSSR count). The number of para-hydroxylation sites is 1. The summed E-state index contributed by atoms with van der Waals surface area (Å²) in [5.74, 6) is 0.506. The summed E-state index contributed by atoms with van der Waals surface area (Å²) in [6.07, 6.45) is 0.603. The molecule has 1 aliphatic rings. The number of amides is 2. The zero-order valence-electron chi connectivity index (χ0n) is 17.2. The van der Waals surface area contributed by atoms with Gasteiger partial charge in [0.1, 0.15) is 5.75 Å². The topological polar surface area (TPSA) is 59.1 Å². The number of carbonyl (C=O) groups is 2. The molecule has 7 heteroatoms. The van der Waals surface area contributed by atoms with Gasteiger partial charge in [-0.2, -0.15) is 0 Å². The lowest BCUT2D eigenvalue weighted by Gasteiger charge is -2.37. The van der Waals surface area contributed by atoms with Gasteiger partial charge in [0.05, 0.1) is 30.3 Å². The number of thiophene rings is 1. The molecule has 1 fully saturated rings. The molecule has 1 aliphatic heterocycles. The fourth-order valence-corrected chi connectivity index (χ4v) is 4.14. The van der Waals surface area contributed by atoms with Crippen LogP contribution in [0.15, 0.2) is 41.8 Å². The third-order valence-corrected chi connectivity index (χ3v) is 6.14. The number of hydrogen-bond acceptors (Lipinski definition) is 5. The van der Waals surface area contributed by atoms with Crippen molar-refractivity contribution in [3.8, 4) is 5.75 Å². The van der Waals surface area contributed by atoms with Crippen molar-refractivity contribution in [3.05, 3.63) is 52.2 Å². The molecule has 29 heavy (non-hydrogen) atoms. The number of rotatable bonds is 7. The number of carbonyl (C=O) groups excluding carboxylic acids is 2. The summed E-state index contributed by atoms with van der Waals surface area (Å²) in [6, 6.07) is 11.0. The summed E-state index contributed by atoms with van der Waals surface area (Å²) in [6.45, 7) is 6.03. The second kappa shape index (κ2) is 9.89. The van der Waals surface area contributed by atoms with Crippen LogP contribution in [-0.2, 0) is 4.74 Å². The van der Waals surface area contributed by atoms with Gasteiger partial charge in [0.25, 0.3) is 11.8 Å². The summed E-state index contributed by atoms with van der Waals surface area (Å²) in [5.41, 5.74) is 0.539. The molecule has 0 N–H and O–H groups in total. The average molecular weight is 417 g/mol. The largest absolute Gasteiger partial charge is 0.496 e. The van der Waals surface area contributed by atoms with Crippen molar-refractivity contribution < 1.29 is 19.1 Å². The summed E-state index contributed by atoms with van der Waals surface area (Å²) in [4.78, 5) is 30.4. The maximum atomic E-state index is 13.3. The number of benzene rings is 1. The van der Waals surface area contributed by atoms with Crippen molar-refractivity contribution in [1.82, 2.24) is 9.80 Å².